The molecule has 0 unspecified atom stereocenters. The number of carbonyl (C=O) groups excluding carboxylic acids is 1. The third-order valence-corrected chi connectivity index (χ3v) is 3.23. The third kappa shape index (κ3) is 4.19. The number of amides is 1. The van der Waals surface area contributed by atoms with Gasteiger partial charge in [-0.15, -0.1) is 0 Å². The molecule has 0 saturated carbocycles. The Kier molecular flexibility index (Phi) is 5.68. The molecular weight excluding hydrogens is 310 g/mol. The van der Waals surface area contributed by atoms with Crippen molar-refractivity contribution in [1.29, 1.82) is 0 Å². The Morgan fingerprint density at radius 1 is 1.04 bits per heavy atom. The van der Waals surface area contributed by atoms with E-state index < -0.39 is 0 Å². The van der Waals surface area contributed by atoms with Crippen molar-refractivity contribution in [3.63, 3.8) is 0 Å². The van der Waals surface area contributed by atoms with Gasteiger partial charge in [-0.1, -0.05) is 12.1 Å². The predicted molar refractivity (Wildman–Crippen MR) is 91.9 cm³/mol. The van der Waals surface area contributed by atoms with Gasteiger partial charge < -0.3 is 24.6 Å². The van der Waals surface area contributed by atoms with Crippen LogP contribution in [0.15, 0.2) is 42.5 Å². The van der Waals surface area contributed by atoms with Crippen molar-refractivity contribution in [3.05, 3.63) is 48.0 Å². The van der Waals surface area contributed by atoms with E-state index in [2.05, 4.69) is 5.32 Å². The fourth-order valence-corrected chi connectivity index (χ4v) is 2.14. The van der Waals surface area contributed by atoms with E-state index in [9.17, 15) is 9.90 Å². The fraction of sp³-hybridized carbons (Fsp3) is 0.167. The molecule has 2 aromatic rings. The van der Waals surface area contributed by atoms with E-state index in [0.29, 0.717) is 22.9 Å². The maximum absolute atomic E-state index is 12.1. The van der Waals surface area contributed by atoms with Crippen molar-refractivity contribution in [2.45, 2.75) is 0 Å². The molecule has 0 aliphatic rings. The quantitative estimate of drug-likeness (QED) is 0.797. The molecule has 24 heavy (non-hydrogen) atoms. The first-order valence-electron chi connectivity index (χ1n) is 7.15. The molecule has 126 valence electrons. The summed E-state index contributed by atoms with van der Waals surface area (Å²) in [6, 6.07) is 9.88. The first kappa shape index (κ1) is 17.2. The molecule has 0 heterocycles. The number of ether oxygens (including phenoxy) is 3. The molecule has 2 rings (SSSR count). The third-order valence-electron chi connectivity index (χ3n) is 3.23. The molecule has 0 spiro atoms. The van der Waals surface area contributed by atoms with Crippen molar-refractivity contribution in [2.75, 3.05) is 26.6 Å². The summed E-state index contributed by atoms with van der Waals surface area (Å²) in [7, 11) is 4.52. The molecule has 0 aromatic heterocycles. The van der Waals surface area contributed by atoms with Gasteiger partial charge in [0, 0.05) is 23.9 Å². The summed E-state index contributed by atoms with van der Waals surface area (Å²) >= 11 is 0. The summed E-state index contributed by atoms with van der Waals surface area (Å²) in [5, 5.41) is 12.1. The minimum absolute atomic E-state index is 0.141. The second-order valence-corrected chi connectivity index (χ2v) is 4.83. The first-order valence-corrected chi connectivity index (χ1v) is 7.15. The second kappa shape index (κ2) is 7.92. The zero-order valence-electron chi connectivity index (χ0n) is 13.7. The zero-order chi connectivity index (χ0) is 17.5. The summed E-state index contributed by atoms with van der Waals surface area (Å²) in [4.78, 5) is 12.1. The smallest absolute Gasteiger partial charge is 0.248 e. The lowest BCUT2D eigenvalue weighted by Crippen LogP contribution is -2.08. The van der Waals surface area contributed by atoms with Crippen LogP contribution in [0.1, 0.15) is 5.56 Å². The summed E-state index contributed by atoms with van der Waals surface area (Å²) in [6.07, 6.45) is 2.98. The van der Waals surface area contributed by atoms with Crippen LogP contribution < -0.4 is 19.5 Å². The van der Waals surface area contributed by atoms with Crippen molar-refractivity contribution >= 4 is 17.7 Å². The lowest BCUT2D eigenvalue weighted by Gasteiger charge is -2.14. The fourth-order valence-electron chi connectivity index (χ4n) is 2.14. The number of benzene rings is 2. The maximum Gasteiger partial charge on any atom is 0.248 e. The lowest BCUT2D eigenvalue weighted by molar-refractivity contribution is -0.111. The number of hydrogen-bond donors (Lipinski definition) is 2. The van der Waals surface area contributed by atoms with Crippen molar-refractivity contribution in [1.82, 2.24) is 0 Å². The van der Waals surface area contributed by atoms with E-state index in [0.717, 1.165) is 5.56 Å². The highest BCUT2D eigenvalue weighted by Gasteiger charge is 2.13. The van der Waals surface area contributed by atoms with Gasteiger partial charge in [-0.3, -0.25) is 4.79 Å². The minimum atomic E-state index is -0.326. The van der Waals surface area contributed by atoms with Gasteiger partial charge >= 0.3 is 0 Å². The Bertz CT molecular complexity index is 730. The molecule has 0 radical (unpaired) electrons. The van der Waals surface area contributed by atoms with Crippen LogP contribution in [-0.4, -0.2) is 32.3 Å². The maximum atomic E-state index is 12.1. The van der Waals surface area contributed by atoms with Crippen LogP contribution in [0.25, 0.3) is 6.08 Å². The van der Waals surface area contributed by atoms with Crippen LogP contribution in [-0.2, 0) is 4.79 Å². The lowest BCUT2D eigenvalue weighted by atomic mass is 10.2. The van der Waals surface area contributed by atoms with Crippen LogP contribution in [0.2, 0.25) is 0 Å². The van der Waals surface area contributed by atoms with Gasteiger partial charge in [0.2, 0.25) is 11.7 Å². The highest BCUT2D eigenvalue weighted by molar-refractivity contribution is 6.02. The van der Waals surface area contributed by atoms with Crippen LogP contribution in [0.5, 0.6) is 23.0 Å². The van der Waals surface area contributed by atoms with E-state index in [1.807, 2.05) is 0 Å². The molecule has 0 fully saturated rings. The van der Waals surface area contributed by atoms with Crippen LogP contribution in [0.3, 0.4) is 0 Å². The normalized spacial score (nSPS) is 10.5. The Balaban J connectivity index is 2.16. The van der Waals surface area contributed by atoms with E-state index in [4.69, 9.17) is 14.2 Å². The summed E-state index contributed by atoms with van der Waals surface area (Å²) < 4.78 is 15.7. The SMILES string of the molecule is COc1cc(NC(=O)/C=C/c2cccc(O)c2)cc(OC)c1OC. The van der Waals surface area contributed by atoms with Gasteiger partial charge in [0.25, 0.3) is 0 Å². The van der Waals surface area contributed by atoms with Crippen molar-refractivity contribution in [2.24, 2.45) is 0 Å². The van der Waals surface area contributed by atoms with Crippen molar-refractivity contribution < 1.29 is 24.1 Å². The number of rotatable bonds is 6. The van der Waals surface area contributed by atoms with E-state index in [1.165, 1.54) is 27.4 Å². The average Bonchev–Trinajstić information content (AvgIpc) is 2.59. The van der Waals surface area contributed by atoms with Crippen LogP contribution in [0, 0.1) is 0 Å². The van der Waals surface area contributed by atoms with Crippen LogP contribution in [0.4, 0.5) is 5.69 Å². The number of phenolic OH excluding ortho intramolecular Hbond substituents is 1. The number of hydrogen-bond acceptors (Lipinski definition) is 5. The molecule has 0 saturated heterocycles. The number of phenols is 1. The zero-order valence-corrected chi connectivity index (χ0v) is 13.7. The largest absolute Gasteiger partial charge is 0.508 e. The highest BCUT2D eigenvalue weighted by atomic mass is 16.5. The van der Waals surface area contributed by atoms with Gasteiger partial charge in [-0.2, -0.15) is 0 Å². The topological polar surface area (TPSA) is 77.0 Å². The van der Waals surface area contributed by atoms with Crippen LogP contribution >= 0.6 is 0 Å². The minimum Gasteiger partial charge on any atom is -0.508 e. The van der Waals surface area contributed by atoms with Crippen molar-refractivity contribution in [3.8, 4) is 23.0 Å². The molecule has 0 atom stereocenters. The van der Waals surface area contributed by atoms with E-state index in [-0.39, 0.29) is 11.7 Å². The molecule has 2 aromatic carbocycles. The number of nitrogens with one attached hydrogen (secondary N) is 1. The molecule has 2 N–H and O–H groups in total. The number of methoxy groups -OCH3 is 3. The summed E-state index contributed by atoms with van der Waals surface area (Å²) in [5.41, 5.74) is 1.23. The molecule has 0 bridgehead atoms. The molecule has 6 heteroatoms. The average molecular weight is 329 g/mol. The van der Waals surface area contributed by atoms with E-state index >= 15 is 0 Å². The van der Waals surface area contributed by atoms with Gasteiger partial charge in [0.05, 0.1) is 21.3 Å². The summed E-state index contributed by atoms with van der Waals surface area (Å²) in [6.45, 7) is 0. The van der Waals surface area contributed by atoms with E-state index in [1.54, 1.807) is 42.5 Å². The Morgan fingerprint density at radius 3 is 2.25 bits per heavy atom. The van der Waals surface area contributed by atoms with Gasteiger partial charge in [-0.05, 0) is 23.8 Å². The number of anilines is 1. The van der Waals surface area contributed by atoms with Gasteiger partial charge in [0.1, 0.15) is 5.75 Å². The molecule has 0 aliphatic carbocycles. The standard InChI is InChI=1S/C18H19NO5/c1-22-15-10-13(11-16(23-2)18(15)24-3)19-17(21)8-7-12-5-4-6-14(20)9-12/h4-11,20H,1-3H3,(H,19,21)/b8-7+. The number of aromatic hydroxyl groups is 1. The second-order valence-electron chi connectivity index (χ2n) is 4.83. The van der Waals surface area contributed by atoms with Gasteiger partial charge in [0.15, 0.2) is 11.5 Å². The highest BCUT2D eigenvalue weighted by Crippen LogP contribution is 2.39. The molecule has 0 aliphatic heterocycles. The summed E-state index contributed by atoms with van der Waals surface area (Å²) in [5.74, 6) is 1.16. The Labute approximate surface area is 140 Å². The monoisotopic (exact) mass is 329 g/mol. The predicted octanol–water partition coefficient (Wildman–Crippen LogP) is 3.07. The Hall–Kier alpha value is -3.15. The molecular formula is C18H19NO5. The number of carbonyl (C=O) groups is 1. The van der Waals surface area contributed by atoms with Gasteiger partial charge in [-0.25, -0.2) is 0 Å². The first-order chi connectivity index (χ1) is 11.6. The molecule has 6 nitrogen and oxygen atoms in total. The Morgan fingerprint density at radius 2 is 1.71 bits per heavy atom. The molecule has 1 amide bonds.